The lowest BCUT2D eigenvalue weighted by Gasteiger charge is -2.38. The molecule has 0 aromatic heterocycles. The topological polar surface area (TPSA) is 69.7 Å². The average molecular weight is 410 g/mol. The number of halogens is 1. The Labute approximate surface area is 165 Å². The van der Waals surface area contributed by atoms with Crippen LogP contribution in [0, 0.1) is 5.92 Å². The zero-order chi connectivity index (χ0) is 18.4. The fraction of sp³-hybridized carbons (Fsp3) is 0.944. The molecule has 2 unspecified atom stereocenters. The molecule has 0 aliphatic carbocycles. The molecule has 0 spiro atoms. The van der Waals surface area contributed by atoms with E-state index in [1.54, 1.807) is 0 Å². The third-order valence-electron chi connectivity index (χ3n) is 5.75. The van der Waals surface area contributed by atoms with E-state index in [2.05, 4.69) is 10.2 Å². The highest BCUT2D eigenvalue weighted by atomic mass is 35.5. The Morgan fingerprint density at radius 1 is 1.27 bits per heavy atom. The molecule has 154 valence electrons. The van der Waals surface area contributed by atoms with Crippen LogP contribution in [0.4, 0.5) is 0 Å². The highest BCUT2D eigenvalue weighted by molar-refractivity contribution is 7.91. The number of likely N-dealkylation sites (tertiary alicyclic amines) is 1. The smallest absolute Gasteiger partial charge is 0.239 e. The van der Waals surface area contributed by atoms with E-state index in [1.807, 2.05) is 25.8 Å². The van der Waals surface area contributed by atoms with Crippen molar-refractivity contribution in [2.45, 2.75) is 58.0 Å². The Morgan fingerprint density at radius 3 is 2.42 bits per heavy atom. The number of carbonyl (C=O) groups is 1. The molecule has 0 aromatic rings. The quantitative estimate of drug-likeness (QED) is 0.658. The molecule has 6 nitrogen and oxygen atoms in total. The molecule has 2 heterocycles. The summed E-state index contributed by atoms with van der Waals surface area (Å²) in [5, 5.41) is 3.21. The van der Waals surface area contributed by atoms with E-state index in [0.29, 0.717) is 13.0 Å². The maximum atomic E-state index is 13.1. The van der Waals surface area contributed by atoms with Gasteiger partial charge in [0.05, 0.1) is 17.5 Å². The van der Waals surface area contributed by atoms with Gasteiger partial charge in [-0.05, 0) is 71.6 Å². The SMILES string of the molecule is CCCN(C(=O)C(C)N1CCC(CCNC)CC1)C1CCS(=O)(=O)C1.Cl. The standard InChI is InChI=1S/C18H35N3O3S.ClH/c1-4-10-21(17-8-13-25(23,24)14-17)18(22)15(2)20-11-6-16(7-12-20)5-9-19-3;/h15-17,19H,4-14H2,1-3H3;1H. The predicted molar refractivity (Wildman–Crippen MR) is 109 cm³/mol. The number of carbonyl (C=O) groups excluding carboxylic acids is 1. The van der Waals surface area contributed by atoms with Gasteiger partial charge in [0, 0.05) is 12.6 Å². The van der Waals surface area contributed by atoms with Crippen LogP contribution in [-0.4, -0.2) is 80.9 Å². The maximum absolute atomic E-state index is 13.1. The van der Waals surface area contributed by atoms with Crippen molar-refractivity contribution in [3.05, 3.63) is 0 Å². The Morgan fingerprint density at radius 2 is 1.92 bits per heavy atom. The summed E-state index contributed by atoms with van der Waals surface area (Å²) in [4.78, 5) is 17.2. The van der Waals surface area contributed by atoms with Crippen molar-refractivity contribution >= 4 is 28.2 Å². The maximum Gasteiger partial charge on any atom is 0.239 e. The van der Waals surface area contributed by atoms with Crippen LogP contribution in [0.25, 0.3) is 0 Å². The van der Waals surface area contributed by atoms with Gasteiger partial charge in [0.1, 0.15) is 0 Å². The van der Waals surface area contributed by atoms with Crippen LogP contribution >= 0.6 is 12.4 Å². The van der Waals surface area contributed by atoms with E-state index in [4.69, 9.17) is 0 Å². The van der Waals surface area contributed by atoms with Crippen molar-refractivity contribution in [2.24, 2.45) is 5.92 Å². The minimum Gasteiger partial charge on any atom is -0.337 e. The van der Waals surface area contributed by atoms with Crippen molar-refractivity contribution in [2.75, 3.05) is 44.7 Å². The van der Waals surface area contributed by atoms with E-state index < -0.39 is 9.84 Å². The third-order valence-corrected chi connectivity index (χ3v) is 7.50. The molecular formula is C18H36ClN3O3S. The minimum absolute atomic E-state index is 0. The van der Waals surface area contributed by atoms with Crippen LogP contribution in [0.5, 0.6) is 0 Å². The fourth-order valence-corrected chi connectivity index (χ4v) is 5.84. The van der Waals surface area contributed by atoms with Gasteiger partial charge in [-0.15, -0.1) is 12.4 Å². The molecular weight excluding hydrogens is 374 g/mol. The number of piperidine rings is 1. The normalized spacial score (nSPS) is 24.8. The third kappa shape index (κ3) is 6.36. The van der Waals surface area contributed by atoms with E-state index in [9.17, 15) is 13.2 Å². The molecule has 0 radical (unpaired) electrons. The summed E-state index contributed by atoms with van der Waals surface area (Å²) in [6.45, 7) is 7.67. The Hall–Kier alpha value is -0.370. The monoisotopic (exact) mass is 409 g/mol. The molecule has 8 heteroatoms. The summed E-state index contributed by atoms with van der Waals surface area (Å²) in [7, 11) is -0.985. The highest BCUT2D eigenvalue weighted by Crippen LogP contribution is 2.24. The number of sulfone groups is 1. The second-order valence-electron chi connectivity index (χ2n) is 7.64. The molecule has 2 aliphatic rings. The molecule has 2 fully saturated rings. The molecule has 2 rings (SSSR count). The molecule has 1 amide bonds. The molecule has 2 saturated heterocycles. The van der Waals surface area contributed by atoms with Gasteiger partial charge in [0.25, 0.3) is 0 Å². The molecule has 0 aromatic carbocycles. The zero-order valence-electron chi connectivity index (χ0n) is 16.4. The van der Waals surface area contributed by atoms with Crippen molar-refractivity contribution < 1.29 is 13.2 Å². The molecule has 2 atom stereocenters. The van der Waals surface area contributed by atoms with Gasteiger partial charge in [0.2, 0.25) is 5.91 Å². The van der Waals surface area contributed by atoms with Gasteiger partial charge in [0.15, 0.2) is 9.84 Å². The number of nitrogens with zero attached hydrogens (tertiary/aromatic N) is 2. The number of amides is 1. The summed E-state index contributed by atoms with van der Waals surface area (Å²) in [6.07, 6.45) is 4.94. The minimum atomic E-state index is -2.97. The van der Waals surface area contributed by atoms with Crippen LogP contribution in [-0.2, 0) is 14.6 Å². The summed E-state index contributed by atoms with van der Waals surface area (Å²) in [6, 6.07) is -0.284. The van der Waals surface area contributed by atoms with Crippen LogP contribution in [0.15, 0.2) is 0 Å². The summed E-state index contributed by atoms with van der Waals surface area (Å²) in [5.74, 6) is 1.21. The Kier molecular flexibility index (Phi) is 9.86. The van der Waals surface area contributed by atoms with Gasteiger partial charge in [-0.1, -0.05) is 6.92 Å². The number of hydrogen-bond donors (Lipinski definition) is 1. The van der Waals surface area contributed by atoms with Crippen molar-refractivity contribution in [1.82, 2.24) is 15.1 Å². The van der Waals surface area contributed by atoms with E-state index >= 15 is 0 Å². The molecule has 26 heavy (non-hydrogen) atoms. The van der Waals surface area contributed by atoms with E-state index in [0.717, 1.165) is 44.8 Å². The first-order valence-corrected chi connectivity index (χ1v) is 11.6. The van der Waals surface area contributed by atoms with Crippen molar-refractivity contribution in [3.63, 3.8) is 0 Å². The lowest BCUT2D eigenvalue weighted by Crippen LogP contribution is -2.53. The van der Waals surface area contributed by atoms with Gasteiger partial charge in [-0.2, -0.15) is 0 Å². The van der Waals surface area contributed by atoms with Gasteiger partial charge in [-0.3, -0.25) is 9.69 Å². The Bertz CT molecular complexity index is 536. The lowest BCUT2D eigenvalue weighted by molar-refractivity contribution is -0.139. The lowest BCUT2D eigenvalue weighted by atomic mass is 9.92. The summed E-state index contributed by atoms with van der Waals surface area (Å²) < 4.78 is 23.6. The fourth-order valence-electron chi connectivity index (χ4n) is 4.11. The summed E-state index contributed by atoms with van der Waals surface area (Å²) >= 11 is 0. The summed E-state index contributed by atoms with van der Waals surface area (Å²) in [5.41, 5.74) is 0. The molecule has 2 aliphatic heterocycles. The van der Waals surface area contributed by atoms with E-state index in [1.165, 1.54) is 6.42 Å². The first-order valence-electron chi connectivity index (χ1n) is 9.77. The van der Waals surface area contributed by atoms with Gasteiger partial charge < -0.3 is 10.2 Å². The largest absolute Gasteiger partial charge is 0.337 e. The number of hydrogen-bond acceptors (Lipinski definition) is 5. The Balaban J connectivity index is 0.00000338. The van der Waals surface area contributed by atoms with Crippen molar-refractivity contribution in [3.8, 4) is 0 Å². The van der Waals surface area contributed by atoms with Crippen molar-refractivity contribution in [1.29, 1.82) is 0 Å². The second kappa shape index (κ2) is 10.8. The predicted octanol–water partition coefficient (Wildman–Crippen LogP) is 1.54. The van der Waals surface area contributed by atoms with Crippen LogP contribution in [0.3, 0.4) is 0 Å². The highest BCUT2D eigenvalue weighted by Gasteiger charge is 2.37. The van der Waals surface area contributed by atoms with Crippen LogP contribution in [0.1, 0.15) is 46.0 Å². The van der Waals surface area contributed by atoms with E-state index in [-0.39, 0.29) is 41.9 Å². The van der Waals surface area contributed by atoms with Gasteiger partial charge >= 0.3 is 0 Å². The van der Waals surface area contributed by atoms with Crippen LogP contribution < -0.4 is 5.32 Å². The molecule has 0 saturated carbocycles. The van der Waals surface area contributed by atoms with Gasteiger partial charge in [-0.25, -0.2) is 8.42 Å². The molecule has 1 N–H and O–H groups in total. The zero-order valence-corrected chi connectivity index (χ0v) is 18.1. The molecule has 0 bridgehead atoms. The number of nitrogens with one attached hydrogen (secondary N) is 1. The average Bonchev–Trinajstić information content (AvgIpc) is 2.96. The first-order chi connectivity index (χ1) is 11.9. The first kappa shape index (κ1) is 23.7. The van der Waals surface area contributed by atoms with Crippen LogP contribution in [0.2, 0.25) is 0 Å². The number of rotatable bonds is 8. The second-order valence-corrected chi connectivity index (χ2v) is 9.86.